The van der Waals surface area contributed by atoms with Crippen molar-refractivity contribution >= 4 is 29.7 Å². The molecule has 0 aliphatic heterocycles. The minimum absolute atomic E-state index is 0.341. The van der Waals surface area contributed by atoms with E-state index in [4.69, 9.17) is 15.5 Å². The van der Waals surface area contributed by atoms with E-state index in [1.807, 2.05) is 0 Å². The molecule has 0 aromatic heterocycles. The summed E-state index contributed by atoms with van der Waals surface area (Å²) in [6.45, 7) is 2.38. The van der Waals surface area contributed by atoms with Crippen molar-refractivity contribution in [3.05, 3.63) is 0 Å². The molecular formula is C8H12O8S. The molecule has 0 bridgehead atoms. The number of hydrogen-bond acceptors (Lipinski definition) is 7. The Kier molecular flexibility index (Phi) is 5.93. The quantitative estimate of drug-likeness (QED) is 0.192. The summed E-state index contributed by atoms with van der Waals surface area (Å²) in [6, 6.07) is 0. The predicted octanol–water partition coefficient (Wildman–Crippen LogP) is 0.0263. The van der Waals surface area contributed by atoms with Gasteiger partial charge < -0.3 is 14.9 Å². The van der Waals surface area contributed by atoms with Gasteiger partial charge in [-0.3, -0.25) is 5.26 Å². The molecule has 8 nitrogen and oxygen atoms in total. The smallest absolute Gasteiger partial charge is 0.355 e. The second-order valence-electron chi connectivity index (χ2n) is 2.96. The fourth-order valence-electron chi connectivity index (χ4n) is 0.680. The maximum Gasteiger partial charge on any atom is 0.355 e. The number of carboxylic acids is 2. The first-order valence-electron chi connectivity index (χ1n) is 4.41. The molecule has 0 radical (unpaired) electrons. The van der Waals surface area contributed by atoms with E-state index < -0.39 is 28.9 Å². The molecule has 17 heavy (non-hydrogen) atoms. The molecule has 0 aliphatic rings. The summed E-state index contributed by atoms with van der Waals surface area (Å²) in [4.78, 5) is 36.2. The predicted molar refractivity (Wildman–Crippen MR) is 55.4 cm³/mol. The van der Waals surface area contributed by atoms with E-state index in [1.54, 1.807) is 6.92 Å². The largest absolute Gasteiger partial charge is 0.479 e. The highest BCUT2D eigenvalue weighted by molar-refractivity contribution is 8.00. The standard InChI is InChI=1S/C8H12O8S/c1-3-17-5(4(9)10)15-7(13)8(2,16-14)6(11)12/h5,14H,3H2,1-2H3,(H,9,10)(H,11,12). The zero-order valence-corrected chi connectivity index (χ0v) is 9.89. The summed E-state index contributed by atoms with van der Waals surface area (Å²) in [7, 11) is 0. The van der Waals surface area contributed by atoms with Crippen LogP contribution >= 0.6 is 11.8 Å². The van der Waals surface area contributed by atoms with E-state index >= 15 is 0 Å². The van der Waals surface area contributed by atoms with E-state index in [1.165, 1.54) is 0 Å². The Bertz CT molecular complexity index is 317. The molecule has 0 heterocycles. The third-order valence-corrected chi connectivity index (χ3v) is 2.65. The Labute approximate surface area is 100 Å². The molecule has 98 valence electrons. The van der Waals surface area contributed by atoms with E-state index in [2.05, 4.69) is 9.62 Å². The van der Waals surface area contributed by atoms with Gasteiger partial charge in [0.25, 0.3) is 5.60 Å². The molecule has 0 rings (SSSR count). The number of carbonyl (C=O) groups is 3. The van der Waals surface area contributed by atoms with Crippen LogP contribution < -0.4 is 0 Å². The highest BCUT2D eigenvalue weighted by Crippen LogP contribution is 2.18. The number of aliphatic carboxylic acids is 2. The van der Waals surface area contributed by atoms with Crippen molar-refractivity contribution in [1.29, 1.82) is 0 Å². The van der Waals surface area contributed by atoms with E-state index in [9.17, 15) is 14.4 Å². The highest BCUT2D eigenvalue weighted by Gasteiger charge is 2.47. The van der Waals surface area contributed by atoms with Gasteiger partial charge in [-0.2, -0.15) is 0 Å². The fraction of sp³-hybridized carbons (Fsp3) is 0.625. The molecule has 2 atom stereocenters. The van der Waals surface area contributed by atoms with Crippen LogP contribution in [0.1, 0.15) is 13.8 Å². The molecule has 2 unspecified atom stereocenters. The zero-order valence-electron chi connectivity index (χ0n) is 9.08. The minimum atomic E-state index is -2.65. The van der Waals surface area contributed by atoms with Crippen LogP contribution in [0.4, 0.5) is 0 Å². The van der Waals surface area contributed by atoms with Crippen molar-refractivity contribution in [2.45, 2.75) is 24.9 Å². The lowest BCUT2D eigenvalue weighted by Gasteiger charge is -2.21. The highest BCUT2D eigenvalue weighted by atomic mass is 32.2. The molecule has 3 N–H and O–H groups in total. The SMILES string of the molecule is CCSC(OC(=O)C(C)(OO)C(=O)O)C(=O)O. The zero-order chi connectivity index (χ0) is 13.6. The van der Waals surface area contributed by atoms with Crippen molar-refractivity contribution in [2.75, 3.05) is 5.75 Å². The minimum Gasteiger partial charge on any atom is -0.479 e. The van der Waals surface area contributed by atoms with Crippen LogP contribution in [0.2, 0.25) is 0 Å². The summed E-state index contributed by atoms with van der Waals surface area (Å²) in [5, 5.41) is 25.7. The van der Waals surface area contributed by atoms with Crippen LogP contribution in [0.5, 0.6) is 0 Å². The second-order valence-corrected chi connectivity index (χ2v) is 4.30. The van der Waals surface area contributed by atoms with Crippen molar-refractivity contribution in [3.8, 4) is 0 Å². The van der Waals surface area contributed by atoms with Crippen LogP contribution in [0.3, 0.4) is 0 Å². The summed E-state index contributed by atoms with van der Waals surface area (Å²) < 4.78 is 4.43. The summed E-state index contributed by atoms with van der Waals surface area (Å²) >= 11 is 0.778. The van der Waals surface area contributed by atoms with Crippen LogP contribution in [-0.2, 0) is 24.0 Å². The molecule has 0 fully saturated rings. The van der Waals surface area contributed by atoms with Gasteiger partial charge in [0.15, 0.2) is 0 Å². The lowest BCUT2D eigenvalue weighted by Crippen LogP contribution is -2.48. The monoisotopic (exact) mass is 268 g/mol. The Morgan fingerprint density at radius 3 is 2.18 bits per heavy atom. The maximum atomic E-state index is 11.4. The van der Waals surface area contributed by atoms with Crippen LogP contribution in [-0.4, -0.2) is 50.2 Å². The number of carbonyl (C=O) groups excluding carboxylic acids is 1. The Hall–Kier alpha value is -1.32. The molecule has 9 heteroatoms. The Morgan fingerprint density at radius 1 is 1.35 bits per heavy atom. The number of carboxylic acid groups (broad SMARTS) is 2. The topological polar surface area (TPSA) is 130 Å². The lowest BCUT2D eigenvalue weighted by molar-refractivity contribution is -0.308. The number of hydrogen-bond donors (Lipinski definition) is 3. The van der Waals surface area contributed by atoms with E-state index in [-0.39, 0.29) is 0 Å². The normalized spacial score (nSPS) is 15.7. The van der Waals surface area contributed by atoms with Gasteiger partial charge in [-0.25, -0.2) is 19.3 Å². The third kappa shape index (κ3) is 3.88. The summed E-state index contributed by atoms with van der Waals surface area (Å²) in [6.07, 6.45) is 0. The summed E-state index contributed by atoms with van der Waals surface area (Å²) in [5.74, 6) is -4.39. The molecule has 0 spiro atoms. The van der Waals surface area contributed by atoms with Crippen LogP contribution in [0.25, 0.3) is 0 Å². The van der Waals surface area contributed by atoms with Gasteiger partial charge in [-0.1, -0.05) is 6.92 Å². The molecule has 0 aromatic rings. The van der Waals surface area contributed by atoms with Gasteiger partial charge in [-0.05, 0) is 12.7 Å². The summed E-state index contributed by atoms with van der Waals surface area (Å²) in [5.41, 5.74) is -4.21. The Morgan fingerprint density at radius 2 is 1.88 bits per heavy atom. The number of rotatable bonds is 7. The number of ether oxygens (including phenoxy) is 1. The van der Waals surface area contributed by atoms with Gasteiger partial charge >= 0.3 is 17.9 Å². The fourth-order valence-corrected chi connectivity index (χ4v) is 1.28. The van der Waals surface area contributed by atoms with E-state index in [0.717, 1.165) is 18.7 Å². The van der Waals surface area contributed by atoms with Gasteiger partial charge in [0, 0.05) is 0 Å². The molecule has 0 aromatic carbocycles. The van der Waals surface area contributed by atoms with Gasteiger partial charge in [0.1, 0.15) is 0 Å². The molecule has 0 aliphatic carbocycles. The first-order chi connectivity index (χ1) is 7.79. The lowest BCUT2D eigenvalue weighted by atomic mass is 10.1. The molecule has 0 saturated heterocycles. The van der Waals surface area contributed by atoms with Crippen LogP contribution in [0, 0.1) is 0 Å². The number of thioether (sulfide) groups is 1. The average Bonchev–Trinajstić information content (AvgIpc) is 2.26. The molecule has 0 saturated carbocycles. The van der Waals surface area contributed by atoms with Gasteiger partial charge in [0.05, 0.1) is 0 Å². The van der Waals surface area contributed by atoms with Gasteiger partial charge in [0.2, 0.25) is 5.44 Å². The second kappa shape index (κ2) is 6.42. The van der Waals surface area contributed by atoms with Gasteiger partial charge in [-0.15, -0.1) is 11.8 Å². The van der Waals surface area contributed by atoms with Crippen molar-refractivity contribution in [2.24, 2.45) is 0 Å². The van der Waals surface area contributed by atoms with Crippen molar-refractivity contribution in [1.82, 2.24) is 0 Å². The Balaban J connectivity index is 4.81. The number of esters is 1. The van der Waals surface area contributed by atoms with Crippen molar-refractivity contribution in [3.63, 3.8) is 0 Å². The third-order valence-electron chi connectivity index (χ3n) is 1.71. The van der Waals surface area contributed by atoms with E-state index in [0.29, 0.717) is 5.75 Å². The molecular weight excluding hydrogens is 256 g/mol. The molecule has 0 amide bonds. The van der Waals surface area contributed by atoms with Crippen LogP contribution in [0.15, 0.2) is 0 Å². The van der Waals surface area contributed by atoms with Crippen molar-refractivity contribution < 1.29 is 39.5 Å². The first-order valence-corrected chi connectivity index (χ1v) is 5.46. The first kappa shape index (κ1) is 15.7. The maximum absolute atomic E-state index is 11.4. The average molecular weight is 268 g/mol.